The molecule has 1 aliphatic heterocycles. The number of nitrogens with zero attached hydrogens (tertiary/aromatic N) is 1. The van der Waals surface area contributed by atoms with Crippen molar-refractivity contribution < 1.29 is 8.42 Å². The molecule has 1 atom stereocenters. The van der Waals surface area contributed by atoms with E-state index >= 15 is 0 Å². The van der Waals surface area contributed by atoms with Gasteiger partial charge in [0.05, 0.1) is 16.7 Å². The second kappa shape index (κ2) is 4.75. The second-order valence-corrected chi connectivity index (χ2v) is 6.09. The van der Waals surface area contributed by atoms with Crippen LogP contribution in [0.15, 0.2) is 59.7 Å². The lowest BCUT2D eigenvalue weighted by molar-refractivity contribution is 0.402. The molecule has 4 heteroatoms. The van der Waals surface area contributed by atoms with Gasteiger partial charge in [-0.05, 0) is 24.4 Å². The Kier molecular flexibility index (Phi) is 3.33. The van der Waals surface area contributed by atoms with Gasteiger partial charge in [0.25, 0.3) is 0 Å². The van der Waals surface area contributed by atoms with Crippen molar-refractivity contribution >= 4 is 9.84 Å². The minimum atomic E-state index is -3.22. The first-order valence-corrected chi connectivity index (χ1v) is 7.09. The van der Waals surface area contributed by atoms with E-state index in [4.69, 9.17) is 0 Å². The van der Waals surface area contributed by atoms with Crippen LogP contribution in [0.5, 0.6) is 0 Å². The van der Waals surface area contributed by atoms with Crippen LogP contribution in [0.2, 0.25) is 0 Å². The molecule has 0 N–H and O–H groups in total. The Morgan fingerprint density at radius 3 is 2.53 bits per heavy atom. The van der Waals surface area contributed by atoms with Crippen molar-refractivity contribution in [3.63, 3.8) is 0 Å². The highest BCUT2D eigenvalue weighted by Crippen LogP contribution is 2.15. The lowest BCUT2D eigenvalue weighted by Gasteiger charge is -2.25. The average Bonchev–Trinajstić information content (AvgIpc) is 2.33. The summed E-state index contributed by atoms with van der Waals surface area (Å²) in [5, 5.41) is 0. The summed E-state index contributed by atoms with van der Waals surface area (Å²) in [6.07, 6.45) is 7.56. The Bertz CT molecular complexity index is 532. The van der Waals surface area contributed by atoms with E-state index in [0.29, 0.717) is 4.90 Å². The third-order valence-corrected chi connectivity index (χ3v) is 4.55. The highest BCUT2D eigenvalue weighted by atomic mass is 32.2. The SMILES string of the molecule is CN1C=CC=CC1CS(=O)(=O)c1ccccc1. The highest BCUT2D eigenvalue weighted by molar-refractivity contribution is 7.91. The maximum absolute atomic E-state index is 12.2. The van der Waals surface area contributed by atoms with E-state index in [1.54, 1.807) is 24.3 Å². The molecule has 0 fully saturated rings. The van der Waals surface area contributed by atoms with Crippen molar-refractivity contribution in [3.05, 3.63) is 54.8 Å². The molecule has 17 heavy (non-hydrogen) atoms. The van der Waals surface area contributed by atoms with Gasteiger partial charge in [-0.1, -0.05) is 30.4 Å². The number of hydrogen-bond acceptors (Lipinski definition) is 3. The number of benzene rings is 1. The predicted molar refractivity (Wildman–Crippen MR) is 68.3 cm³/mol. The maximum atomic E-state index is 12.2. The molecule has 0 spiro atoms. The van der Waals surface area contributed by atoms with E-state index < -0.39 is 9.84 Å². The molecule has 1 aliphatic rings. The van der Waals surface area contributed by atoms with E-state index in [9.17, 15) is 8.42 Å². The van der Waals surface area contributed by atoms with Gasteiger partial charge in [0, 0.05) is 7.05 Å². The Hall–Kier alpha value is -1.55. The molecule has 0 bridgehead atoms. The Morgan fingerprint density at radius 2 is 1.88 bits per heavy atom. The first-order valence-electron chi connectivity index (χ1n) is 5.44. The molecule has 0 saturated carbocycles. The van der Waals surface area contributed by atoms with E-state index in [1.165, 1.54) is 0 Å². The fourth-order valence-corrected chi connectivity index (χ4v) is 3.31. The number of sulfone groups is 1. The van der Waals surface area contributed by atoms with Crippen LogP contribution in [0.25, 0.3) is 0 Å². The largest absolute Gasteiger partial charge is 0.373 e. The third-order valence-electron chi connectivity index (χ3n) is 2.78. The molecule has 0 radical (unpaired) electrons. The highest BCUT2D eigenvalue weighted by Gasteiger charge is 2.21. The fourth-order valence-electron chi connectivity index (χ4n) is 1.75. The zero-order valence-electron chi connectivity index (χ0n) is 9.65. The average molecular weight is 249 g/mol. The molecule has 90 valence electrons. The molecule has 0 aromatic heterocycles. The molecule has 0 amide bonds. The first-order chi connectivity index (χ1) is 8.09. The minimum Gasteiger partial charge on any atom is -0.373 e. The van der Waals surface area contributed by atoms with Crippen LogP contribution in [0.1, 0.15) is 0 Å². The summed E-state index contributed by atoms with van der Waals surface area (Å²) in [5.74, 6) is 0.106. The van der Waals surface area contributed by atoms with Gasteiger partial charge in [-0.3, -0.25) is 0 Å². The first kappa shape index (κ1) is 11.9. The smallest absolute Gasteiger partial charge is 0.180 e. The van der Waals surface area contributed by atoms with Gasteiger partial charge >= 0.3 is 0 Å². The lowest BCUT2D eigenvalue weighted by Crippen LogP contribution is -2.33. The predicted octanol–water partition coefficient (Wildman–Crippen LogP) is 1.84. The Morgan fingerprint density at radius 1 is 1.18 bits per heavy atom. The van der Waals surface area contributed by atoms with E-state index in [2.05, 4.69) is 0 Å². The van der Waals surface area contributed by atoms with Gasteiger partial charge in [0.2, 0.25) is 0 Å². The fraction of sp³-hybridized carbons (Fsp3) is 0.231. The standard InChI is InChI=1S/C13H15NO2S/c1-14-10-6-5-7-12(14)11-17(15,16)13-8-3-2-4-9-13/h2-10,12H,11H2,1H3. The summed E-state index contributed by atoms with van der Waals surface area (Å²) >= 11 is 0. The maximum Gasteiger partial charge on any atom is 0.180 e. The van der Waals surface area contributed by atoms with E-state index in [-0.39, 0.29) is 11.8 Å². The van der Waals surface area contributed by atoms with Crippen LogP contribution in [0.3, 0.4) is 0 Å². The van der Waals surface area contributed by atoms with Crippen molar-refractivity contribution in [2.45, 2.75) is 10.9 Å². The van der Waals surface area contributed by atoms with Gasteiger partial charge in [-0.2, -0.15) is 0 Å². The topological polar surface area (TPSA) is 37.4 Å². The number of hydrogen-bond donors (Lipinski definition) is 0. The number of rotatable bonds is 3. The monoisotopic (exact) mass is 249 g/mol. The molecule has 0 aliphatic carbocycles. The summed E-state index contributed by atoms with van der Waals surface area (Å²) in [6.45, 7) is 0. The van der Waals surface area contributed by atoms with Crippen molar-refractivity contribution in [2.24, 2.45) is 0 Å². The van der Waals surface area contributed by atoms with Gasteiger partial charge in [0.15, 0.2) is 9.84 Å². The third kappa shape index (κ3) is 2.77. The summed E-state index contributed by atoms with van der Waals surface area (Å²) < 4.78 is 24.3. The van der Waals surface area contributed by atoms with Gasteiger partial charge < -0.3 is 4.90 Å². The van der Waals surface area contributed by atoms with Gasteiger partial charge in [-0.15, -0.1) is 0 Å². The zero-order valence-corrected chi connectivity index (χ0v) is 10.5. The van der Waals surface area contributed by atoms with Crippen LogP contribution < -0.4 is 0 Å². The van der Waals surface area contributed by atoms with Crippen LogP contribution >= 0.6 is 0 Å². The summed E-state index contributed by atoms with van der Waals surface area (Å²) in [5.41, 5.74) is 0. The molecule has 0 saturated heterocycles. The van der Waals surface area contributed by atoms with Crippen molar-refractivity contribution in [3.8, 4) is 0 Å². The summed E-state index contributed by atoms with van der Waals surface area (Å²) in [6, 6.07) is 8.48. The van der Waals surface area contributed by atoms with Crippen molar-refractivity contribution in [1.82, 2.24) is 4.90 Å². The Balaban J connectivity index is 2.19. The van der Waals surface area contributed by atoms with Crippen molar-refractivity contribution in [2.75, 3.05) is 12.8 Å². The zero-order chi connectivity index (χ0) is 12.3. The van der Waals surface area contributed by atoms with Crippen molar-refractivity contribution in [1.29, 1.82) is 0 Å². The number of allylic oxidation sites excluding steroid dienone is 2. The van der Waals surface area contributed by atoms with E-state index in [0.717, 1.165) is 0 Å². The van der Waals surface area contributed by atoms with Crippen LogP contribution in [0, 0.1) is 0 Å². The lowest BCUT2D eigenvalue weighted by atomic mass is 10.2. The molecular weight excluding hydrogens is 234 g/mol. The van der Waals surface area contributed by atoms with Crippen LogP contribution in [0.4, 0.5) is 0 Å². The second-order valence-electron chi connectivity index (χ2n) is 4.05. The van der Waals surface area contributed by atoms with E-state index in [1.807, 2.05) is 42.4 Å². The molecular formula is C13H15NO2S. The molecule has 3 nitrogen and oxygen atoms in total. The summed E-state index contributed by atoms with van der Waals surface area (Å²) in [4.78, 5) is 2.29. The molecule has 1 aromatic carbocycles. The normalized spacial score (nSPS) is 19.6. The van der Waals surface area contributed by atoms with Gasteiger partial charge in [0.1, 0.15) is 0 Å². The number of likely N-dealkylation sites (N-methyl/N-ethyl adjacent to an activating group) is 1. The molecule has 1 aromatic rings. The van der Waals surface area contributed by atoms with Gasteiger partial charge in [-0.25, -0.2) is 8.42 Å². The molecule has 2 rings (SSSR count). The Labute approximate surface area is 102 Å². The minimum absolute atomic E-state index is 0.0924. The molecule has 1 heterocycles. The molecule has 1 unspecified atom stereocenters. The van der Waals surface area contributed by atoms with Crippen LogP contribution in [-0.4, -0.2) is 32.2 Å². The quantitative estimate of drug-likeness (QED) is 0.820. The van der Waals surface area contributed by atoms with Crippen LogP contribution in [-0.2, 0) is 9.84 Å². The summed E-state index contributed by atoms with van der Waals surface area (Å²) in [7, 11) is -1.34.